The van der Waals surface area contributed by atoms with E-state index in [-0.39, 0.29) is 23.5 Å². The number of rotatable bonds is 6. The summed E-state index contributed by atoms with van der Waals surface area (Å²) in [6, 6.07) is 13.0. The minimum atomic E-state index is -1.64. The summed E-state index contributed by atoms with van der Waals surface area (Å²) in [5.41, 5.74) is -0.0288. The van der Waals surface area contributed by atoms with Gasteiger partial charge in [0.1, 0.15) is 23.1 Å². The standard InChI is InChI=1S/C23H18F3N3O3/c1-2-32-23(31)21-18(26)11-17-19(30)12-20(27-15-7-3-13(24)4-8-15)29(22(17)28-21)16-9-5-14(25)6-10-16/h3-12,23,27,31H,2H2,1H3. The van der Waals surface area contributed by atoms with Crippen molar-refractivity contribution in [1.82, 2.24) is 9.55 Å². The van der Waals surface area contributed by atoms with Gasteiger partial charge in [0, 0.05) is 24.0 Å². The maximum Gasteiger partial charge on any atom is 0.201 e. The smallest absolute Gasteiger partial charge is 0.201 e. The maximum absolute atomic E-state index is 14.6. The maximum atomic E-state index is 14.6. The minimum absolute atomic E-state index is 0.0175. The van der Waals surface area contributed by atoms with E-state index in [0.717, 1.165) is 6.07 Å². The number of ether oxygens (including phenoxy) is 1. The summed E-state index contributed by atoms with van der Waals surface area (Å²) in [7, 11) is 0. The molecule has 0 amide bonds. The zero-order valence-electron chi connectivity index (χ0n) is 16.8. The van der Waals surface area contributed by atoms with Crippen LogP contribution in [0.15, 0.2) is 65.5 Å². The summed E-state index contributed by atoms with van der Waals surface area (Å²) >= 11 is 0. The van der Waals surface area contributed by atoms with Crippen molar-refractivity contribution in [3.05, 3.63) is 94.0 Å². The Morgan fingerprint density at radius 2 is 1.66 bits per heavy atom. The molecule has 0 saturated carbocycles. The highest BCUT2D eigenvalue weighted by atomic mass is 19.1. The van der Waals surface area contributed by atoms with Gasteiger partial charge in [-0.2, -0.15) is 0 Å². The van der Waals surface area contributed by atoms with Crippen LogP contribution in [-0.2, 0) is 4.74 Å². The van der Waals surface area contributed by atoms with Gasteiger partial charge in [-0.1, -0.05) is 0 Å². The van der Waals surface area contributed by atoms with Crippen LogP contribution in [0.2, 0.25) is 0 Å². The Bertz CT molecular complexity index is 1320. The molecule has 0 saturated heterocycles. The molecule has 2 heterocycles. The van der Waals surface area contributed by atoms with Crippen LogP contribution in [0.4, 0.5) is 24.7 Å². The van der Waals surface area contributed by atoms with Crippen LogP contribution in [0.1, 0.15) is 18.9 Å². The molecule has 0 radical (unpaired) electrons. The number of hydrogen-bond acceptors (Lipinski definition) is 5. The highest BCUT2D eigenvalue weighted by Crippen LogP contribution is 2.27. The highest BCUT2D eigenvalue weighted by Gasteiger charge is 2.20. The molecule has 0 fully saturated rings. The Hall–Kier alpha value is -3.69. The summed E-state index contributed by atoms with van der Waals surface area (Å²) in [6.45, 7) is 1.73. The molecule has 0 aliphatic heterocycles. The Kier molecular flexibility index (Phi) is 5.93. The van der Waals surface area contributed by atoms with Crippen LogP contribution in [0.25, 0.3) is 16.7 Å². The number of aromatic nitrogens is 2. The fraction of sp³-hybridized carbons (Fsp3) is 0.130. The number of benzene rings is 2. The number of aliphatic hydroxyl groups is 1. The van der Waals surface area contributed by atoms with Crippen LogP contribution >= 0.6 is 0 Å². The van der Waals surface area contributed by atoms with Gasteiger partial charge < -0.3 is 15.2 Å². The van der Waals surface area contributed by atoms with Gasteiger partial charge in [0.05, 0.1) is 5.39 Å². The molecule has 164 valence electrons. The fourth-order valence-electron chi connectivity index (χ4n) is 3.26. The van der Waals surface area contributed by atoms with E-state index in [1.165, 1.54) is 59.2 Å². The molecule has 4 aromatic rings. The molecule has 2 N–H and O–H groups in total. The molecule has 0 bridgehead atoms. The molecule has 0 aliphatic carbocycles. The van der Waals surface area contributed by atoms with Gasteiger partial charge in [0.15, 0.2) is 16.9 Å². The quantitative estimate of drug-likeness (QED) is 0.429. The molecule has 2 aromatic carbocycles. The average Bonchev–Trinajstić information content (AvgIpc) is 2.77. The van der Waals surface area contributed by atoms with Crippen molar-refractivity contribution in [2.75, 3.05) is 11.9 Å². The largest absolute Gasteiger partial charge is 0.363 e. The minimum Gasteiger partial charge on any atom is -0.363 e. The van der Waals surface area contributed by atoms with Crippen molar-refractivity contribution in [3.8, 4) is 5.69 Å². The number of aliphatic hydroxyl groups excluding tert-OH is 1. The zero-order chi connectivity index (χ0) is 22.8. The Morgan fingerprint density at radius 1 is 1.03 bits per heavy atom. The number of nitrogens with one attached hydrogen (secondary N) is 1. The molecule has 4 rings (SSSR count). The van der Waals surface area contributed by atoms with Crippen LogP contribution in [-0.4, -0.2) is 21.3 Å². The first-order valence-electron chi connectivity index (χ1n) is 9.71. The first-order chi connectivity index (χ1) is 15.4. The van der Waals surface area contributed by atoms with E-state index in [1.54, 1.807) is 6.92 Å². The second kappa shape index (κ2) is 8.81. The monoisotopic (exact) mass is 441 g/mol. The summed E-state index contributed by atoms with van der Waals surface area (Å²) < 4.78 is 48.0. The molecule has 0 aliphatic rings. The van der Waals surface area contributed by atoms with Gasteiger partial charge in [-0.3, -0.25) is 9.36 Å². The lowest BCUT2D eigenvalue weighted by molar-refractivity contribution is -0.103. The second-order valence-corrected chi connectivity index (χ2v) is 6.87. The lowest BCUT2D eigenvalue weighted by atomic mass is 10.2. The number of hydrogen-bond donors (Lipinski definition) is 2. The third-order valence-corrected chi connectivity index (χ3v) is 4.73. The van der Waals surface area contributed by atoms with E-state index >= 15 is 0 Å². The van der Waals surface area contributed by atoms with Gasteiger partial charge >= 0.3 is 0 Å². The third kappa shape index (κ3) is 4.20. The van der Waals surface area contributed by atoms with Crippen molar-refractivity contribution in [1.29, 1.82) is 0 Å². The van der Waals surface area contributed by atoms with Crippen LogP contribution in [0, 0.1) is 17.5 Å². The fourth-order valence-corrected chi connectivity index (χ4v) is 3.26. The molecule has 1 atom stereocenters. The summed E-state index contributed by atoms with van der Waals surface area (Å²) in [6.07, 6.45) is -1.64. The summed E-state index contributed by atoms with van der Waals surface area (Å²) in [4.78, 5) is 17.0. The van der Waals surface area contributed by atoms with Crippen LogP contribution in [0.5, 0.6) is 0 Å². The van der Waals surface area contributed by atoms with Crippen molar-refractivity contribution >= 4 is 22.5 Å². The van der Waals surface area contributed by atoms with E-state index in [1.807, 2.05) is 0 Å². The average molecular weight is 441 g/mol. The lowest BCUT2D eigenvalue weighted by Crippen LogP contribution is -2.16. The lowest BCUT2D eigenvalue weighted by Gasteiger charge is -2.19. The number of fused-ring (bicyclic) bond motifs is 1. The van der Waals surface area contributed by atoms with Gasteiger partial charge in [0.2, 0.25) is 6.29 Å². The molecule has 1 unspecified atom stereocenters. The zero-order valence-corrected chi connectivity index (χ0v) is 16.8. The predicted octanol–water partition coefficient (Wildman–Crippen LogP) is 4.57. The summed E-state index contributed by atoms with van der Waals surface area (Å²) in [5.74, 6) is -1.59. The summed E-state index contributed by atoms with van der Waals surface area (Å²) in [5, 5.41) is 13.1. The number of anilines is 2. The van der Waals surface area contributed by atoms with Crippen molar-refractivity contribution < 1.29 is 23.0 Å². The molecule has 9 heteroatoms. The van der Waals surface area contributed by atoms with Gasteiger partial charge in [-0.15, -0.1) is 0 Å². The first-order valence-corrected chi connectivity index (χ1v) is 9.71. The van der Waals surface area contributed by atoms with Crippen molar-refractivity contribution in [2.24, 2.45) is 0 Å². The number of nitrogens with zero attached hydrogens (tertiary/aromatic N) is 2. The topological polar surface area (TPSA) is 76.4 Å². The van der Waals surface area contributed by atoms with E-state index < -0.39 is 34.9 Å². The van der Waals surface area contributed by atoms with Crippen LogP contribution in [0.3, 0.4) is 0 Å². The number of halogens is 3. The Labute approximate surface area is 180 Å². The van der Waals surface area contributed by atoms with Gasteiger partial charge in [0.25, 0.3) is 0 Å². The predicted molar refractivity (Wildman–Crippen MR) is 114 cm³/mol. The van der Waals surface area contributed by atoms with Crippen LogP contribution < -0.4 is 10.7 Å². The third-order valence-electron chi connectivity index (χ3n) is 4.73. The normalized spacial score (nSPS) is 12.2. The van der Waals surface area contributed by atoms with E-state index in [0.29, 0.717) is 11.4 Å². The van der Waals surface area contributed by atoms with Gasteiger partial charge in [-0.05, 0) is 61.5 Å². The molecule has 6 nitrogen and oxygen atoms in total. The molecular formula is C23H18F3N3O3. The molecule has 0 spiro atoms. The molecule has 2 aromatic heterocycles. The van der Waals surface area contributed by atoms with E-state index in [4.69, 9.17) is 4.74 Å². The SMILES string of the molecule is CCOC(O)c1nc2c(cc1F)c(=O)cc(Nc1ccc(F)cc1)n2-c1ccc(F)cc1. The van der Waals surface area contributed by atoms with Gasteiger partial charge in [-0.25, -0.2) is 18.2 Å². The molecular weight excluding hydrogens is 423 g/mol. The highest BCUT2D eigenvalue weighted by molar-refractivity contribution is 5.81. The number of pyridine rings is 2. The Balaban J connectivity index is 2.00. The van der Waals surface area contributed by atoms with E-state index in [2.05, 4.69) is 10.3 Å². The van der Waals surface area contributed by atoms with Crippen molar-refractivity contribution in [2.45, 2.75) is 13.2 Å². The molecule has 32 heavy (non-hydrogen) atoms. The Morgan fingerprint density at radius 3 is 2.28 bits per heavy atom. The van der Waals surface area contributed by atoms with E-state index in [9.17, 15) is 23.1 Å². The first kappa shape index (κ1) is 21.5. The second-order valence-electron chi connectivity index (χ2n) is 6.87. The van der Waals surface area contributed by atoms with Crippen molar-refractivity contribution in [3.63, 3.8) is 0 Å².